The molecule has 4 rings (SSSR count). The lowest BCUT2D eigenvalue weighted by Crippen LogP contribution is -2.15. The average molecular weight is 418 g/mol. The minimum Gasteiger partial charge on any atom is -0.493 e. The van der Waals surface area contributed by atoms with E-state index in [-0.39, 0.29) is 24.6 Å². The molecule has 0 radical (unpaired) electrons. The Morgan fingerprint density at radius 3 is 2.10 bits per heavy atom. The third-order valence-electron chi connectivity index (χ3n) is 5.17. The second-order valence-electron chi connectivity index (χ2n) is 7.66. The molecule has 0 bridgehead atoms. The van der Waals surface area contributed by atoms with Crippen LogP contribution in [0.4, 0.5) is 11.8 Å². The van der Waals surface area contributed by atoms with Gasteiger partial charge in [-0.3, -0.25) is 0 Å². The lowest BCUT2D eigenvalue weighted by molar-refractivity contribution is 0.311. The van der Waals surface area contributed by atoms with Crippen LogP contribution in [0.15, 0.2) is 66.9 Å². The van der Waals surface area contributed by atoms with Crippen molar-refractivity contribution in [3.05, 3.63) is 78.0 Å². The van der Waals surface area contributed by atoms with Crippen molar-refractivity contribution in [3.8, 4) is 5.88 Å². The highest BCUT2D eigenvalue weighted by atomic mass is 16.3. The lowest BCUT2D eigenvalue weighted by Gasteiger charge is -2.21. The molecule has 0 aliphatic carbocycles. The van der Waals surface area contributed by atoms with Crippen LogP contribution in [0.5, 0.6) is 5.88 Å². The van der Waals surface area contributed by atoms with Gasteiger partial charge in [-0.15, -0.1) is 0 Å². The first-order chi connectivity index (χ1) is 15.1. The molecule has 160 valence electrons. The Labute approximate surface area is 181 Å². The van der Waals surface area contributed by atoms with E-state index in [4.69, 9.17) is 0 Å². The molecule has 4 N–H and O–H groups in total. The fourth-order valence-electron chi connectivity index (χ4n) is 3.62. The van der Waals surface area contributed by atoms with Crippen molar-refractivity contribution < 1.29 is 10.2 Å². The average Bonchev–Trinajstić information content (AvgIpc) is 3.14. The zero-order valence-electron chi connectivity index (χ0n) is 17.7. The summed E-state index contributed by atoms with van der Waals surface area (Å²) in [7, 11) is 0. The van der Waals surface area contributed by atoms with Crippen molar-refractivity contribution >= 4 is 22.7 Å². The van der Waals surface area contributed by atoms with E-state index in [9.17, 15) is 10.2 Å². The zero-order valence-corrected chi connectivity index (χ0v) is 17.7. The molecule has 0 amide bonds. The van der Waals surface area contributed by atoms with Crippen LogP contribution < -0.4 is 10.6 Å². The largest absolute Gasteiger partial charge is 0.493 e. The molecule has 0 aliphatic rings. The number of aliphatic hydroxyl groups excluding tert-OH is 1. The predicted molar refractivity (Wildman–Crippen MR) is 124 cm³/mol. The topological polar surface area (TPSA) is 95.2 Å². The molecule has 0 spiro atoms. The summed E-state index contributed by atoms with van der Waals surface area (Å²) in [6.45, 7) is 4.28. The van der Waals surface area contributed by atoms with Crippen LogP contribution in [0.3, 0.4) is 0 Å². The van der Waals surface area contributed by atoms with Crippen molar-refractivity contribution in [2.24, 2.45) is 0 Å². The highest BCUT2D eigenvalue weighted by Crippen LogP contribution is 2.35. The third kappa shape index (κ3) is 4.32. The first-order valence-corrected chi connectivity index (χ1v) is 10.4. The molecule has 2 aromatic heterocycles. The van der Waals surface area contributed by atoms with Gasteiger partial charge >= 0.3 is 0 Å². The first kappa shape index (κ1) is 20.7. The number of nitrogens with one attached hydrogen (secondary N) is 2. The van der Waals surface area contributed by atoms with E-state index in [1.165, 1.54) is 0 Å². The van der Waals surface area contributed by atoms with E-state index < -0.39 is 0 Å². The summed E-state index contributed by atoms with van der Waals surface area (Å²) < 4.78 is 1.78. The van der Waals surface area contributed by atoms with Crippen LogP contribution in [-0.4, -0.2) is 37.9 Å². The lowest BCUT2D eigenvalue weighted by atomic mass is 9.98. The molecule has 7 heteroatoms. The van der Waals surface area contributed by atoms with E-state index >= 15 is 0 Å². The number of aliphatic hydroxyl groups is 1. The van der Waals surface area contributed by atoms with Crippen molar-refractivity contribution in [2.45, 2.75) is 25.9 Å². The van der Waals surface area contributed by atoms with Crippen LogP contribution in [0, 0.1) is 0 Å². The van der Waals surface area contributed by atoms with E-state index in [1.807, 2.05) is 56.4 Å². The van der Waals surface area contributed by atoms with Crippen LogP contribution in [0.25, 0.3) is 10.9 Å². The molecule has 0 unspecified atom stereocenters. The molecule has 2 aromatic carbocycles. The molecular formula is C24H27N5O2. The van der Waals surface area contributed by atoms with Gasteiger partial charge in [-0.05, 0) is 25.0 Å². The van der Waals surface area contributed by atoms with Crippen LogP contribution >= 0.6 is 0 Å². The summed E-state index contributed by atoms with van der Waals surface area (Å²) in [6.07, 6.45) is 1.88. The highest BCUT2D eigenvalue weighted by Gasteiger charge is 2.21. The zero-order chi connectivity index (χ0) is 21.8. The number of rotatable bonds is 8. The molecule has 7 nitrogen and oxygen atoms in total. The van der Waals surface area contributed by atoms with Gasteiger partial charge in [0.1, 0.15) is 11.3 Å². The maximum absolute atomic E-state index is 10.8. The summed E-state index contributed by atoms with van der Waals surface area (Å²) in [5.74, 6) is 1.05. The van der Waals surface area contributed by atoms with Crippen molar-refractivity contribution in [1.29, 1.82) is 0 Å². The smallest absolute Gasteiger partial charge is 0.225 e. The SMILES string of the molecule is CC(C)n1cc2c(NC(c3ccccc3)c3ccccc3)nc(NCCO)nc2c1O. The van der Waals surface area contributed by atoms with E-state index in [0.717, 1.165) is 16.5 Å². The Kier molecular flexibility index (Phi) is 6.04. The molecule has 31 heavy (non-hydrogen) atoms. The number of hydrogen-bond donors (Lipinski definition) is 4. The second-order valence-corrected chi connectivity index (χ2v) is 7.66. The molecule has 0 saturated carbocycles. The molecule has 0 saturated heterocycles. The Morgan fingerprint density at radius 1 is 0.935 bits per heavy atom. The summed E-state index contributed by atoms with van der Waals surface area (Å²) in [5, 5.41) is 27.3. The summed E-state index contributed by atoms with van der Waals surface area (Å²) in [5.41, 5.74) is 2.65. The minimum atomic E-state index is -0.143. The molecule has 0 aliphatic heterocycles. The van der Waals surface area contributed by atoms with Gasteiger partial charge in [0.05, 0.1) is 18.0 Å². The standard InChI is InChI=1S/C24H27N5O2/c1-16(2)29-15-19-21(23(29)31)27-24(25-13-14-30)28-22(19)26-20(17-9-5-3-6-10-17)18-11-7-4-8-12-18/h3-12,15-16,20,30-31H,13-14H2,1-2H3,(H2,25,26,27,28). The Morgan fingerprint density at radius 2 is 1.55 bits per heavy atom. The first-order valence-electron chi connectivity index (χ1n) is 10.4. The van der Waals surface area contributed by atoms with Crippen molar-refractivity contribution in [2.75, 3.05) is 23.8 Å². The normalized spacial score (nSPS) is 11.4. The third-order valence-corrected chi connectivity index (χ3v) is 5.17. The number of aromatic hydroxyl groups is 1. The van der Waals surface area contributed by atoms with Gasteiger partial charge in [0, 0.05) is 18.8 Å². The maximum Gasteiger partial charge on any atom is 0.225 e. The summed E-state index contributed by atoms with van der Waals surface area (Å²) >= 11 is 0. The molecular weight excluding hydrogens is 390 g/mol. The number of anilines is 2. The van der Waals surface area contributed by atoms with Crippen LogP contribution in [0.1, 0.15) is 37.1 Å². The van der Waals surface area contributed by atoms with Gasteiger partial charge in [-0.25, -0.2) is 4.98 Å². The monoisotopic (exact) mass is 417 g/mol. The van der Waals surface area contributed by atoms with Crippen LogP contribution in [0.2, 0.25) is 0 Å². The van der Waals surface area contributed by atoms with E-state index in [0.29, 0.717) is 23.8 Å². The highest BCUT2D eigenvalue weighted by molar-refractivity contribution is 5.94. The van der Waals surface area contributed by atoms with Crippen molar-refractivity contribution in [1.82, 2.24) is 14.5 Å². The quantitative estimate of drug-likeness (QED) is 0.341. The Balaban J connectivity index is 1.85. The van der Waals surface area contributed by atoms with E-state index in [1.54, 1.807) is 4.57 Å². The molecule has 2 heterocycles. The Hall–Kier alpha value is -3.58. The number of hydrogen-bond acceptors (Lipinski definition) is 6. The van der Waals surface area contributed by atoms with E-state index in [2.05, 4.69) is 44.9 Å². The number of fused-ring (bicyclic) bond motifs is 1. The van der Waals surface area contributed by atoms with Crippen LogP contribution in [-0.2, 0) is 0 Å². The number of aromatic nitrogens is 3. The second kappa shape index (κ2) is 9.06. The fraction of sp³-hybridized carbons (Fsp3) is 0.250. The summed E-state index contributed by atoms with van der Waals surface area (Å²) in [4.78, 5) is 9.16. The van der Waals surface area contributed by atoms with Gasteiger partial charge in [0.15, 0.2) is 0 Å². The van der Waals surface area contributed by atoms with Gasteiger partial charge in [-0.2, -0.15) is 4.98 Å². The number of nitrogens with zero attached hydrogens (tertiary/aromatic N) is 3. The Bertz CT molecular complexity index is 1100. The number of benzene rings is 2. The van der Waals surface area contributed by atoms with Gasteiger partial charge < -0.3 is 25.4 Å². The van der Waals surface area contributed by atoms with Gasteiger partial charge in [0.2, 0.25) is 11.8 Å². The van der Waals surface area contributed by atoms with Gasteiger partial charge in [-0.1, -0.05) is 60.7 Å². The van der Waals surface area contributed by atoms with Crippen molar-refractivity contribution in [3.63, 3.8) is 0 Å². The predicted octanol–water partition coefficient (Wildman–Crippen LogP) is 4.32. The molecule has 0 atom stereocenters. The molecule has 0 fully saturated rings. The van der Waals surface area contributed by atoms with Gasteiger partial charge in [0.25, 0.3) is 0 Å². The maximum atomic E-state index is 10.8. The fourth-order valence-corrected chi connectivity index (χ4v) is 3.62. The minimum absolute atomic E-state index is 0.0419. The molecule has 4 aromatic rings. The summed E-state index contributed by atoms with van der Waals surface area (Å²) in [6, 6.07) is 20.2.